The van der Waals surface area contributed by atoms with Crippen LogP contribution in [0.3, 0.4) is 0 Å². The molecule has 2 rings (SSSR count). The summed E-state index contributed by atoms with van der Waals surface area (Å²) in [6.45, 7) is 5.29. The first-order valence-corrected chi connectivity index (χ1v) is 4.72. The van der Waals surface area contributed by atoms with Crippen LogP contribution in [-0.2, 0) is 0 Å². The first-order valence-electron chi connectivity index (χ1n) is 4.72. The molecule has 0 radical (unpaired) electrons. The van der Waals surface area contributed by atoms with E-state index < -0.39 is 0 Å². The van der Waals surface area contributed by atoms with Gasteiger partial charge in [0.1, 0.15) is 5.82 Å². The van der Waals surface area contributed by atoms with E-state index in [1.54, 1.807) is 6.07 Å². The van der Waals surface area contributed by atoms with Crippen LogP contribution in [-0.4, -0.2) is 6.54 Å². The molecule has 13 heavy (non-hydrogen) atoms. The van der Waals surface area contributed by atoms with Crippen molar-refractivity contribution in [1.29, 1.82) is 0 Å². The van der Waals surface area contributed by atoms with Gasteiger partial charge in [0.15, 0.2) is 0 Å². The molecule has 1 aliphatic heterocycles. The highest BCUT2D eigenvalue weighted by molar-refractivity contribution is 5.57. The van der Waals surface area contributed by atoms with Crippen molar-refractivity contribution in [1.82, 2.24) is 0 Å². The maximum absolute atomic E-state index is 13.0. The number of hydrogen-bond acceptors (Lipinski definition) is 1. The van der Waals surface area contributed by atoms with Crippen molar-refractivity contribution < 1.29 is 4.39 Å². The Balaban J connectivity index is 2.40. The average molecular weight is 179 g/mol. The Kier molecular flexibility index (Phi) is 1.98. The monoisotopic (exact) mass is 179 g/mol. The standard InChI is InChI=1S/C11H14FN/c1-7(2)10-6-13-11-4-3-8(12)5-9(10)11/h3-5,7,10,13H,6H2,1-2H3. The van der Waals surface area contributed by atoms with Gasteiger partial charge >= 0.3 is 0 Å². The van der Waals surface area contributed by atoms with Crippen LogP contribution in [0.5, 0.6) is 0 Å². The molecule has 0 amide bonds. The molecule has 1 unspecified atom stereocenters. The van der Waals surface area contributed by atoms with E-state index in [0.717, 1.165) is 17.8 Å². The second-order valence-electron chi connectivity index (χ2n) is 3.96. The van der Waals surface area contributed by atoms with Crippen molar-refractivity contribution in [3.05, 3.63) is 29.6 Å². The maximum Gasteiger partial charge on any atom is 0.123 e. The van der Waals surface area contributed by atoms with Crippen molar-refractivity contribution >= 4 is 5.69 Å². The van der Waals surface area contributed by atoms with Crippen LogP contribution >= 0.6 is 0 Å². The molecule has 1 heterocycles. The van der Waals surface area contributed by atoms with Crippen LogP contribution < -0.4 is 5.32 Å². The molecule has 1 aliphatic rings. The normalized spacial score (nSPS) is 20.2. The number of fused-ring (bicyclic) bond motifs is 1. The minimum absolute atomic E-state index is 0.131. The lowest BCUT2D eigenvalue weighted by molar-refractivity contribution is 0.529. The minimum Gasteiger partial charge on any atom is -0.384 e. The third-order valence-corrected chi connectivity index (χ3v) is 2.73. The van der Waals surface area contributed by atoms with Crippen molar-refractivity contribution in [2.75, 3.05) is 11.9 Å². The van der Waals surface area contributed by atoms with Gasteiger partial charge in [0.05, 0.1) is 0 Å². The lowest BCUT2D eigenvalue weighted by Crippen LogP contribution is -2.08. The number of hydrogen-bond donors (Lipinski definition) is 1. The van der Waals surface area contributed by atoms with Crippen LogP contribution in [0.25, 0.3) is 0 Å². The molecule has 0 fully saturated rings. The molecule has 1 aromatic carbocycles. The number of rotatable bonds is 1. The van der Waals surface area contributed by atoms with Crippen molar-refractivity contribution in [2.45, 2.75) is 19.8 Å². The van der Waals surface area contributed by atoms with Gasteiger partial charge in [-0.15, -0.1) is 0 Å². The summed E-state index contributed by atoms with van der Waals surface area (Å²) in [7, 11) is 0. The molecule has 0 aromatic heterocycles. The maximum atomic E-state index is 13.0. The Bertz CT molecular complexity index is 320. The predicted molar refractivity (Wildman–Crippen MR) is 52.5 cm³/mol. The highest BCUT2D eigenvalue weighted by Gasteiger charge is 2.24. The van der Waals surface area contributed by atoms with Crippen LogP contribution in [0.15, 0.2) is 18.2 Å². The fourth-order valence-electron chi connectivity index (χ4n) is 1.93. The molecule has 0 spiro atoms. The van der Waals surface area contributed by atoms with Crippen LogP contribution in [0.4, 0.5) is 10.1 Å². The van der Waals surface area contributed by atoms with E-state index in [4.69, 9.17) is 0 Å². The molecule has 0 saturated heterocycles. The topological polar surface area (TPSA) is 12.0 Å². The second-order valence-corrected chi connectivity index (χ2v) is 3.96. The summed E-state index contributed by atoms with van der Waals surface area (Å²) in [5.41, 5.74) is 2.23. The van der Waals surface area contributed by atoms with Crippen molar-refractivity contribution in [3.63, 3.8) is 0 Å². The summed E-state index contributed by atoms with van der Waals surface area (Å²) < 4.78 is 13.0. The zero-order valence-electron chi connectivity index (χ0n) is 7.97. The summed E-state index contributed by atoms with van der Waals surface area (Å²) in [5.74, 6) is 0.898. The van der Waals surface area contributed by atoms with Crippen molar-refractivity contribution in [3.8, 4) is 0 Å². The Morgan fingerprint density at radius 2 is 2.23 bits per heavy atom. The zero-order valence-corrected chi connectivity index (χ0v) is 7.97. The summed E-state index contributed by atoms with van der Waals surface area (Å²) in [4.78, 5) is 0. The van der Waals surface area contributed by atoms with E-state index in [1.807, 2.05) is 6.07 Å². The Morgan fingerprint density at radius 3 is 2.92 bits per heavy atom. The molecule has 0 saturated carbocycles. The summed E-state index contributed by atoms with van der Waals surface area (Å²) in [6.07, 6.45) is 0. The minimum atomic E-state index is -0.131. The van der Waals surface area contributed by atoms with E-state index in [1.165, 1.54) is 6.07 Å². The van der Waals surface area contributed by atoms with E-state index in [9.17, 15) is 4.39 Å². The Labute approximate surface area is 78.0 Å². The predicted octanol–water partition coefficient (Wildman–Crippen LogP) is 2.99. The molecule has 0 aliphatic carbocycles. The fraction of sp³-hybridized carbons (Fsp3) is 0.455. The van der Waals surface area contributed by atoms with Gasteiger partial charge in [-0.2, -0.15) is 0 Å². The van der Waals surface area contributed by atoms with E-state index in [2.05, 4.69) is 19.2 Å². The van der Waals surface area contributed by atoms with Gasteiger partial charge in [-0.3, -0.25) is 0 Å². The number of nitrogens with one attached hydrogen (secondary N) is 1. The summed E-state index contributed by atoms with van der Waals surface area (Å²) >= 11 is 0. The van der Waals surface area contributed by atoms with Crippen LogP contribution in [0.2, 0.25) is 0 Å². The first kappa shape index (κ1) is 8.54. The smallest absolute Gasteiger partial charge is 0.123 e. The fourth-order valence-corrected chi connectivity index (χ4v) is 1.93. The quantitative estimate of drug-likeness (QED) is 0.698. The van der Waals surface area contributed by atoms with E-state index in [0.29, 0.717) is 11.8 Å². The molecule has 70 valence electrons. The molecule has 2 heteroatoms. The lowest BCUT2D eigenvalue weighted by atomic mass is 9.90. The van der Waals surface area contributed by atoms with Gasteiger partial charge in [0.25, 0.3) is 0 Å². The van der Waals surface area contributed by atoms with Gasteiger partial charge in [0.2, 0.25) is 0 Å². The highest BCUT2D eigenvalue weighted by atomic mass is 19.1. The summed E-state index contributed by atoms with van der Waals surface area (Å²) in [5, 5.41) is 3.29. The largest absolute Gasteiger partial charge is 0.384 e. The molecule has 1 N–H and O–H groups in total. The SMILES string of the molecule is CC(C)C1CNc2ccc(F)cc21. The highest BCUT2D eigenvalue weighted by Crippen LogP contribution is 2.36. The second kappa shape index (κ2) is 3.02. The molecular weight excluding hydrogens is 165 g/mol. The molecule has 1 atom stereocenters. The zero-order chi connectivity index (χ0) is 9.42. The molecule has 1 nitrogen and oxygen atoms in total. The van der Waals surface area contributed by atoms with E-state index in [-0.39, 0.29) is 5.82 Å². The third-order valence-electron chi connectivity index (χ3n) is 2.73. The third kappa shape index (κ3) is 1.41. The Hall–Kier alpha value is -1.05. The average Bonchev–Trinajstić information content (AvgIpc) is 2.46. The van der Waals surface area contributed by atoms with Crippen molar-refractivity contribution in [2.24, 2.45) is 5.92 Å². The number of benzene rings is 1. The summed E-state index contributed by atoms with van der Waals surface area (Å²) in [6, 6.07) is 4.99. The Morgan fingerprint density at radius 1 is 1.46 bits per heavy atom. The molecule has 1 aromatic rings. The van der Waals surface area contributed by atoms with E-state index >= 15 is 0 Å². The lowest BCUT2D eigenvalue weighted by Gasteiger charge is -2.13. The van der Waals surface area contributed by atoms with Gasteiger partial charge in [-0.05, 0) is 29.7 Å². The van der Waals surface area contributed by atoms with Crippen LogP contribution in [0, 0.1) is 11.7 Å². The molecule has 0 bridgehead atoms. The van der Waals surface area contributed by atoms with Crippen LogP contribution in [0.1, 0.15) is 25.3 Å². The van der Waals surface area contributed by atoms with Gasteiger partial charge in [0, 0.05) is 18.2 Å². The number of halogens is 1. The number of anilines is 1. The van der Waals surface area contributed by atoms with Gasteiger partial charge in [-0.1, -0.05) is 13.8 Å². The first-order chi connectivity index (χ1) is 6.18. The van der Waals surface area contributed by atoms with Gasteiger partial charge < -0.3 is 5.32 Å². The van der Waals surface area contributed by atoms with Gasteiger partial charge in [-0.25, -0.2) is 4.39 Å². The molecular formula is C11H14FN.